The zero-order valence-electron chi connectivity index (χ0n) is 8.46. The lowest BCUT2D eigenvalue weighted by molar-refractivity contribution is 0.164. The van der Waals surface area contributed by atoms with Gasteiger partial charge in [0.15, 0.2) is 0 Å². The van der Waals surface area contributed by atoms with Crippen molar-refractivity contribution in [3.63, 3.8) is 0 Å². The summed E-state index contributed by atoms with van der Waals surface area (Å²) in [6.07, 6.45) is 2.44. The number of nitrogens with one attached hydrogen (secondary N) is 2. The number of aromatic nitrogens is 2. The summed E-state index contributed by atoms with van der Waals surface area (Å²) in [6, 6.07) is 0. The smallest absolute Gasteiger partial charge is 0.285 e. The van der Waals surface area contributed by atoms with Gasteiger partial charge < -0.3 is 10.4 Å². The lowest BCUT2D eigenvalue weighted by Crippen LogP contribution is -2.15. The van der Waals surface area contributed by atoms with Gasteiger partial charge in [-0.05, 0) is 12.8 Å². The van der Waals surface area contributed by atoms with Crippen LogP contribution in [0.4, 0.5) is 5.69 Å². The van der Waals surface area contributed by atoms with E-state index in [0.717, 1.165) is 0 Å². The van der Waals surface area contributed by atoms with Gasteiger partial charge in [0.1, 0.15) is 5.02 Å². The van der Waals surface area contributed by atoms with Gasteiger partial charge in [0.2, 0.25) is 0 Å². The van der Waals surface area contributed by atoms with Gasteiger partial charge in [0.25, 0.3) is 5.56 Å². The number of halogens is 1. The molecule has 1 atom stereocenters. The van der Waals surface area contributed by atoms with Crippen molar-refractivity contribution in [2.24, 2.45) is 0 Å². The Kier molecular flexibility index (Phi) is 4.58. The molecule has 0 aliphatic heterocycles. The van der Waals surface area contributed by atoms with E-state index in [-0.39, 0.29) is 11.1 Å². The fourth-order valence-corrected chi connectivity index (χ4v) is 1.24. The minimum Gasteiger partial charge on any atom is -0.393 e. The molecule has 0 bridgehead atoms. The molecular weight excluding hydrogens is 218 g/mol. The van der Waals surface area contributed by atoms with Gasteiger partial charge in [-0.2, -0.15) is 5.10 Å². The molecule has 6 heteroatoms. The zero-order valence-corrected chi connectivity index (χ0v) is 9.21. The van der Waals surface area contributed by atoms with Crippen molar-refractivity contribution < 1.29 is 5.11 Å². The average Bonchev–Trinajstić information content (AvgIpc) is 2.24. The molecule has 0 saturated heterocycles. The second-order valence-electron chi connectivity index (χ2n) is 3.20. The van der Waals surface area contributed by atoms with E-state index in [9.17, 15) is 9.90 Å². The first-order valence-corrected chi connectivity index (χ1v) is 5.18. The van der Waals surface area contributed by atoms with Crippen LogP contribution in [0, 0.1) is 0 Å². The van der Waals surface area contributed by atoms with E-state index < -0.39 is 5.56 Å². The number of aromatic amines is 1. The number of nitrogens with zero attached hydrogens (tertiary/aromatic N) is 1. The second-order valence-corrected chi connectivity index (χ2v) is 3.58. The number of hydrogen-bond acceptors (Lipinski definition) is 4. The van der Waals surface area contributed by atoms with E-state index in [1.165, 1.54) is 6.20 Å². The summed E-state index contributed by atoms with van der Waals surface area (Å²) in [6.45, 7) is 2.46. The van der Waals surface area contributed by atoms with Gasteiger partial charge in [-0.15, -0.1) is 0 Å². The van der Waals surface area contributed by atoms with Crippen LogP contribution in [0.3, 0.4) is 0 Å². The fourth-order valence-electron chi connectivity index (χ4n) is 1.08. The monoisotopic (exact) mass is 231 g/mol. The van der Waals surface area contributed by atoms with E-state index in [1.54, 1.807) is 0 Å². The van der Waals surface area contributed by atoms with Crippen LogP contribution >= 0.6 is 11.6 Å². The summed E-state index contributed by atoms with van der Waals surface area (Å²) >= 11 is 5.73. The second kappa shape index (κ2) is 5.72. The van der Waals surface area contributed by atoms with Gasteiger partial charge in [-0.1, -0.05) is 18.5 Å². The Balaban J connectivity index is 2.51. The molecule has 1 aromatic rings. The minimum atomic E-state index is -0.419. The molecule has 1 aromatic heterocycles. The largest absolute Gasteiger partial charge is 0.393 e. The average molecular weight is 232 g/mol. The van der Waals surface area contributed by atoms with Crippen LogP contribution < -0.4 is 10.9 Å². The van der Waals surface area contributed by atoms with E-state index in [1.807, 2.05) is 6.92 Å². The lowest BCUT2D eigenvalue weighted by atomic mass is 10.2. The van der Waals surface area contributed by atoms with Gasteiger partial charge in [-0.3, -0.25) is 4.79 Å². The van der Waals surface area contributed by atoms with Crippen LogP contribution in [-0.4, -0.2) is 28.0 Å². The maximum atomic E-state index is 11.1. The van der Waals surface area contributed by atoms with Gasteiger partial charge in [-0.25, -0.2) is 5.10 Å². The summed E-state index contributed by atoms with van der Waals surface area (Å²) < 4.78 is 0. The van der Waals surface area contributed by atoms with E-state index in [2.05, 4.69) is 15.5 Å². The summed E-state index contributed by atoms with van der Waals surface area (Å²) in [5.74, 6) is 0. The molecule has 0 fully saturated rings. The molecule has 0 aliphatic carbocycles. The van der Waals surface area contributed by atoms with Gasteiger partial charge in [0.05, 0.1) is 18.0 Å². The highest BCUT2D eigenvalue weighted by Gasteiger charge is 2.05. The Morgan fingerprint density at radius 1 is 1.73 bits per heavy atom. The molecule has 3 N–H and O–H groups in total. The normalized spacial score (nSPS) is 12.5. The summed E-state index contributed by atoms with van der Waals surface area (Å²) in [7, 11) is 0. The molecule has 1 unspecified atom stereocenters. The minimum absolute atomic E-state index is 0.0935. The number of H-pyrrole nitrogens is 1. The Morgan fingerprint density at radius 3 is 3.13 bits per heavy atom. The topological polar surface area (TPSA) is 78.0 Å². The van der Waals surface area contributed by atoms with Gasteiger partial charge in [0, 0.05) is 6.54 Å². The van der Waals surface area contributed by atoms with Crippen molar-refractivity contribution in [3.05, 3.63) is 21.6 Å². The third-order valence-corrected chi connectivity index (χ3v) is 2.44. The predicted molar refractivity (Wildman–Crippen MR) is 59.3 cm³/mol. The first-order chi connectivity index (χ1) is 7.15. The molecule has 1 heterocycles. The Bertz CT molecular complexity index is 367. The van der Waals surface area contributed by atoms with Crippen LogP contribution in [0.2, 0.25) is 5.02 Å². The van der Waals surface area contributed by atoms with Crippen LogP contribution in [0.5, 0.6) is 0 Å². The van der Waals surface area contributed by atoms with Crippen molar-refractivity contribution in [1.29, 1.82) is 0 Å². The molecular formula is C9H14ClN3O2. The third kappa shape index (κ3) is 3.53. The number of hydrogen-bond donors (Lipinski definition) is 3. The van der Waals surface area contributed by atoms with Crippen molar-refractivity contribution in [2.75, 3.05) is 11.9 Å². The van der Waals surface area contributed by atoms with Crippen LogP contribution in [0.1, 0.15) is 19.8 Å². The molecule has 0 radical (unpaired) electrons. The molecule has 5 nitrogen and oxygen atoms in total. The summed E-state index contributed by atoms with van der Waals surface area (Å²) in [5.41, 5.74) is 0.0708. The zero-order chi connectivity index (χ0) is 11.3. The van der Waals surface area contributed by atoms with Gasteiger partial charge >= 0.3 is 0 Å². The Morgan fingerprint density at radius 2 is 2.47 bits per heavy atom. The van der Waals surface area contributed by atoms with Crippen LogP contribution in [0.15, 0.2) is 11.0 Å². The predicted octanol–water partition coefficient (Wildman–Crippen LogP) is 0.996. The highest BCUT2D eigenvalue weighted by Crippen LogP contribution is 2.14. The number of aliphatic hydroxyl groups is 1. The van der Waals surface area contributed by atoms with Crippen molar-refractivity contribution in [1.82, 2.24) is 10.2 Å². The highest BCUT2D eigenvalue weighted by atomic mass is 35.5. The molecule has 15 heavy (non-hydrogen) atoms. The summed E-state index contributed by atoms with van der Waals surface area (Å²) in [5, 5.41) is 18.2. The maximum absolute atomic E-state index is 11.1. The van der Waals surface area contributed by atoms with E-state index in [0.29, 0.717) is 25.1 Å². The third-order valence-electron chi connectivity index (χ3n) is 2.06. The molecule has 0 aliphatic rings. The molecule has 1 rings (SSSR count). The molecule has 0 spiro atoms. The quantitative estimate of drug-likeness (QED) is 0.707. The Labute approximate surface area is 92.5 Å². The summed E-state index contributed by atoms with van der Waals surface area (Å²) in [4.78, 5) is 11.1. The van der Waals surface area contributed by atoms with Crippen molar-refractivity contribution >= 4 is 17.3 Å². The SMILES string of the molecule is CCC(O)CCNc1cn[nH]c(=O)c1Cl. The fraction of sp³-hybridized carbons (Fsp3) is 0.556. The first-order valence-electron chi connectivity index (χ1n) is 4.80. The maximum Gasteiger partial charge on any atom is 0.285 e. The molecule has 0 saturated carbocycles. The first kappa shape index (κ1) is 12.0. The van der Waals surface area contributed by atoms with E-state index >= 15 is 0 Å². The Hall–Kier alpha value is -1.07. The molecule has 84 valence electrons. The lowest BCUT2D eigenvalue weighted by Gasteiger charge is -2.09. The van der Waals surface area contributed by atoms with Crippen LogP contribution in [-0.2, 0) is 0 Å². The number of rotatable bonds is 5. The van der Waals surface area contributed by atoms with Crippen molar-refractivity contribution in [2.45, 2.75) is 25.9 Å². The molecule has 0 amide bonds. The standard InChI is InChI=1S/C9H14ClN3O2/c1-2-6(14)3-4-11-7-5-12-13-9(15)8(7)10/h5-6,14H,2-4H2,1H3,(H2,11,13,15). The van der Waals surface area contributed by atoms with Crippen LogP contribution in [0.25, 0.3) is 0 Å². The van der Waals surface area contributed by atoms with E-state index in [4.69, 9.17) is 11.6 Å². The highest BCUT2D eigenvalue weighted by molar-refractivity contribution is 6.32. The molecule has 0 aromatic carbocycles. The number of aliphatic hydroxyl groups excluding tert-OH is 1. The number of anilines is 1. The van der Waals surface area contributed by atoms with Crippen molar-refractivity contribution in [3.8, 4) is 0 Å².